The average Bonchev–Trinajstić information content (AvgIpc) is 2.34. The van der Waals surface area contributed by atoms with E-state index in [0.717, 1.165) is 0 Å². The minimum atomic E-state index is -0.962. The highest BCUT2D eigenvalue weighted by molar-refractivity contribution is 6.24. The van der Waals surface area contributed by atoms with Gasteiger partial charge in [0.2, 0.25) is 5.78 Å². The Labute approximate surface area is 109 Å². The Hall–Kier alpha value is -2.43. The maximum atomic E-state index is 12.2. The molecule has 0 fully saturated rings. The second-order valence-corrected chi connectivity index (χ2v) is 4.44. The van der Waals surface area contributed by atoms with Crippen LogP contribution >= 0.6 is 0 Å². The van der Waals surface area contributed by atoms with Crippen molar-refractivity contribution >= 4 is 17.5 Å². The first kappa shape index (κ1) is 13.0. The highest BCUT2D eigenvalue weighted by Gasteiger charge is 2.26. The number of carbonyl (C=O) groups is 3. The van der Waals surface area contributed by atoms with Gasteiger partial charge in [-0.1, -0.05) is 24.3 Å². The molecule has 98 valence electrons. The fourth-order valence-corrected chi connectivity index (χ4v) is 2.00. The van der Waals surface area contributed by atoms with Crippen molar-refractivity contribution < 1.29 is 19.5 Å². The van der Waals surface area contributed by atoms with Crippen molar-refractivity contribution in [2.45, 2.75) is 19.4 Å². The molecule has 0 radical (unpaired) electrons. The molecule has 0 aliphatic heterocycles. The molecule has 2 N–H and O–H groups in total. The van der Waals surface area contributed by atoms with Gasteiger partial charge in [0, 0.05) is 23.2 Å². The molecule has 1 aliphatic carbocycles. The highest BCUT2D eigenvalue weighted by Crippen LogP contribution is 2.20. The van der Waals surface area contributed by atoms with Gasteiger partial charge in [0.1, 0.15) is 0 Å². The highest BCUT2D eigenvalue weighted by atomic mass is 16.4. The van der Waals surface area contributed by atoms with Crippen molar-refractivity contribution in [3.8, 4) is 0 Å². The van der Waals surface area contributed by atoms with Gasteiger partial charge in [-0.25, -0.2) is 0 Å². The number of ketones is 2. The maximum Gasteiger partial charge on any atom is 0.305 e. The molecule has 5 nitrogen and oxygen atoms in total. The Balaban J connectivity index is 2.23. The van der Waals surface area contributed by atoms with Crippen LogP contribution in [0.25, 0.3) is 0 Å². The molecule has 2 rings (SSSR count). The molecule has 0 heterocycles. The first-order chi connectivity index (χ1) is 8.99. The van der Waals surface area contributed by atoms with E-state index in [1.165, 1.54) is 6.08 Å². The first-order valence-electron chi connectivity index (χ1n) is 5.87. The van der Waals surface area contributed by atoms with Crippen LogP contribution in [0, 0.1) is 0 Å². The Morgan fingerprint density at radius 3 is 2.53 bits per heavy atom. The van der Waals surface area contributed by atoms with Crippen LogP contribution < -0.4 is 5.32 Å². The van der Waals surface area contributed by atoms with E-state index in [9.17, 15) is 14.4 Å². The molecule has 0 saturated heterocycles. The van der Waals surface area contributed by atoms with E-state index >= 15 is 0 Å². The Morgan fingerprint density at radius 1 is 1.26 bits per heavy atom. The Kier molecular flexibility index (Phi) is 3.46. The van der Waals surface area contributed by atoms with E-state index in [0.29, 0.717) is 11.1 Å². The van der Waals surface area contributed by atoms with E-state index in [1.54, 1.807) is 31.2 Å². The van der Waals surface area contributed by atoms with Crippen LogP contribution in [0.1, 0.15) is 34.1 Å². The Bertz CT molecular complexity index is 589. The average molecular weight is 259 g/mol. The number of nitrogens with one attached hydrogen (secondary N) is 1. The summed E-state index contributed by atoms with van der Waals surface area (Å²) in [4.78, 5) is 34.6. The van der Waals surface area contributed by atoms with Gasteiger partial charge in [0.15, 0.2) is 5.78 Å². The van der Waals surface area contributed by atoms with Gasteiger partial charge in [-0.2, -0.15) is 0 Å². The van der Waals surface area contributed by atoms with Crippen molar-refractivity contribution in [2.24, 2.45) is 0 Å². The van der Waals surface area contributed by atoms with Crippen molar-refractivity contribution in [3.05, 3.63) is 47.2 Å². The molecule has 1 aromatic rings. The number of hydrogen-bond donors (Lipinski definition) is 2. The van der Waals surface area contributed by atoms with Crippen molar-refractivity contribution in [1.82, 2.24) is 5.32 Å². The third-order valence-corrected chi connectivity index (χ3v) is 2.84. The van der Waals surface area contributed by atoms with Crippen LogP contribution in [0.5, 0.6) is 0 Å². The number of aliphatic carboxylic acids is 1. The lowest BCUT2D eigenvalue weighted by Gasteiger charge is -2.19. The summed E-state index contributed by atoms with van der Waals surface area (Å²) in [6.45, 7) is 1.65. The topological polar surface area (TPSA) is 83.5 Å². The van der Waals surface area contributed by atoms with Gasteiger partial charge in [-0.05, 0) is 6.92 Å². The number of carboxylic acids is 1. The second-order valence-electron chi connectivity index (χ2n) is 4.44. The normalized spacial score (nSPS) is 15.5. The Morgan fingerprint density at radius 2 is 1.89 bits per heavy atom. The van der Waals surface area contributed by atoms with E-state index in [2.05, 4.69) is 5.32 Å². The number of carbonyl (C=O) groups excluding carboxylic acids is 2. The summed E-state index contributed by atoms with van der Waals surface area (Å²) in [7, 11) is 0. The molecular formula is C14H13NO4. The predicted molar refractivity (Wildman–Crippen MR) is 68.0 cm³/mol. The number of fused-ring (bicyclic) bond motifs is 1. The van der Waals surface area contributed by atoms with Crippen LogP contribution in [0.4, 0.5) is 0 Å². The number of Topliss-reactive ketones (excluding diaryl/α,β-unsaturated/α-hetero) is 1. The van der Waals surface area contributed by atoms with Crippen LogP contribution in [-0.4, -0.2) is 28.7 Å². The van der Waals surface area contributed by atoms with Gasteiger partial charge in [0.25, 0.3) is 0 Å². The lowest BCUT2D eigenvalue weighted by atomic mass is 9.92. The van der Waals surface area contributed by atoms with Gasteiger partial charge in [-0.15, -0.1) is 0 Å². The van der Waals surface area contributed by atoms with E-state index in [1.807, 2.05) is 0 Å². The fraction of sp³-hybridized carbons (Fsp3) is 0.214. The second kappa shape index (κ2) is 5.06. The monoisotopic (exact) mass is 259 g/mol. The minimum absolute atomic E-state index is 0.125. The lowest BCUT2D eigenvalue weighted by molar-refractivity contribution is -0.137. The summed E-state index contributed by atoms with van der Waals surface area (Å²) in [6, 6.07) is 6.15. The largest absolute Gasteiger partial charge is 0.481 e. The number of carboxylic acid groups (broad SMARTS) is 1. The summed E-state index contributed by atoms with van der Waals surface area (Å²) in [6.07, 6.45) is 1.10. The maximum absolute atomic E-state index is 12.2. The van der Waals surface area contributed by atoms with Crippen molar-refractivity contribution in [1.29, 1.82) is 0 Å². The van der Waals surface area contributed by atoms with Gasteiger partial charge in [-0.3, -0.25) is 14.4 Å². The standard InChI is InChI=1S/C14H13NO4/c1-8(6-13(17)18)15-11-7-12(16)9-4-2-3-5-10(9)14(11)19/h2-5,7-8,15H,6H2,1H3,(H,17,18). The van der Waals surface area contributed by atoms with Crippen LogP contribution in [0.15, 0.2) is 36.0 Å². The lowest BCUT2D eigenvalue weighted by Crippen LogP contribution is -2.34. The minimum Gasteiger partial charge on any atom is -0.481 e. The molecule has 0 amide bonds. The summed E-state index contributed by atoms with van der Waals surface area (Å²) < 4.78 is 0. The first-order valence-corrected chi connectivity index (χ1v) is 5.87. The summed E-state index contributed by atoms with van der Waals surface area (Å²) >= 11 is 0. The molecule has 19 heavy (non-hydrogen) atoms. The molecule has 1 aromatic carbocycles. The number of hydrogen-bond acceptors (Lipinski definition) is 4. The smallest absolute Gasteiger partial charge is 0.305 e. The van der Waals surface area contributed by atoms with Crippen molar-refractivity contribution in [2.75, 3.05) is 0 Å². The molecular weight excluding hydrogens is 246 g/mol. The van der Waals surface area contributed by atoms with Gasteiger partial charge in [0.05, 0.1) is 12.1 Å². The molecule has 1 aliphatic rings. The van der Waals surface area contributed by atoms with Crippen molar-refractivity contribution in [3.63, 3.8) is 0 Å². The number of rotatable bonds is 4. The third-order valence-electron chi connectivity index (χ3n) is 2.84. The zero-order valence-electron chi connectivity index (χ0n) is 10.3. The molecule has 0 aromatic heterocycles. The van der Waals surface area contributed by atoms with Crippen LogP contribution in [0.2, 0.25) is 0 Å². The summed E-state index contributed by atoms with van der Waals surface area (Å²) in [5.41, 5.74) is 0.876. The zero-order chi connectivity index (χ0) is 14.0. The summed E-state index contributed by atoms with van der Waals surface area (Å²) in [5, 5.41) is 11.5. The molecule has 5 heteroatoms. The predicted octanol–water partition coefficient (Wildman–Crippen LogP) is 1.40. The van der Waals surface area contributed by atoms with Gasteiger partial charge >= 0.3 is 5.97 Å². The fourth-order valence-electron chi connectivity index (χ4n) is 2.00. The molecule has 1 unspecified atom stereocenters. The molecule has 1 atom stereocenters. The SMILES string of the molecule is CC(CC(=O)O)NC1=CC(=O)c2ccccc2C1=O. The zero-order valence-corrected chi connectivity index (χ0v) is 10.3. The van der Waals surface area contributed by atoms with Crippen LogP contribution in [-0.2, 0) is 4.79 Å². The molecule has 0 saturated carbocycles. The molecule has 0 bridgehead atoms. The third kappa shape index (κ3) is 2.70. The van der Waals surface area contributed by atoms with E-state index < -0.39 is 12.0 Å². The number of allylic oxidation sites excluding steroid dienone is 2. The van der Waals surface area contributed by atoms with Gasteiger partial charge < -0.3 is 10.4 Å². The summed E-state index contributed by atoms with van der Waals surface area (Å²) in [5.74, 6) is -1.50. The molecule has 0 spiro atoms. The van der Waals surface area contributed by atoms with Crippen LogP contribution in [0.3, 0.4) is 0 Å². The number of benzene rings is 1. The van der Waals surface area contributed by atoms with E-state index in [4.69, 9.17) is 5.11 Å². The van der Waals surface area contributed by atoms with E-state index in [-0.39, 0.29) is 23.7 Å². The quantitative estimate of drug-likeness (QED) is 0.854.